The van der Waals surface area contributed by atoms with Gasteiger partial charge in [-0.25, -0.2) is 4.79 Å². The van der Waals surface area contributed by atoms with Crippen molar-refractivity contribution in [3.8, 4) is 11.1 Å². The molecule has 0 bridgehead atoms. The van der Waals surface area contributed by atoms with Gasteiger partial charge in [-0.3, -0.25) is 14.7 Å². The molecule has 10 heteroatoms. The lowest BCUT2D eigenvalue weighted by molar-refractivity contribution is -0.144. The molecule has 3 rings (SSSR count). The van der Waals surface area contributed by atoms with Crippen LogP contribution in [0.25, 0.3) is 11.1 Å². The summed E-state index contributed by atoms with van der Waals surface area (Å²) in [4.78, 5) is 43.2. The van der Waals surface area contributed by atoms with Gasteiger partial charge in [0.25, 0.3) is 0 Å². The summed E-state index contributed by atoms with van der Waals surface area (Å²) in [5.41, 5.74) is 3.59. The van der Waals surface area contributed by atoms with Crippen LogP contribution in [0, 0.1) is 0 Å². The van der Waals surface area contributed by atoms with Gasteiger partial charge in [-0.1, -0.05) is 84.9 Å². The van der Waals surface area contributed by atoms with Gasteiger partial charge < -0.3 is 24.9 Å². The molecular weight excluding hydrogens is 483 g/mol. The van der Waals surface area contributed by atoms with E-state index in [1.54, 1.807) is 0 Å². The molecular formula is C26H29N2O7P. The van der Waals surface area contributed by atoms with Crippen LogP contribution in [-0.4, -0.2) is 51.7 Å². The number of rotatable bonds is 13. The number of carbonyl (C=O) groups is 2. The van der Waals surface area contributed by atoms with Crippen molar-refractivity contribution < 1.29 is 33.8 Å². The lowest BCUT2D eigenvalue weighted by Gasteiger charge is -2.22. The molecule has 0 spiro atoms. The van der Waals surface area contributed by atoms with Gasteiger partial charge in [0.05, 0.1) is 25.5 Å². The highest BCUT2D eigenvalue weighted by molar-refractivity contribution is 7.51. The normalized spacial score (nSPS) is 13.1. The minimum Gasteiger partial charge on any atom is -0.480 e. The topological polar surface area (TPSA) is 145 Å². The molecule has 0 radical (unpaired) electrons. The zero-order valence-electron chi connectivity index (χ0n) is 19.5. The molecule has 0 saturated carbocycles. The minimum atomic E-state index is -4.45. The highest BCUT2D eigenvalue weighted by Gasteiger charge is 2.27. The quantitative estimate of drug-likeness (QED) is 0.220. The average Bonchev–Trinajstić information content (AvgIpc) is 2.86. The Kier molecular flexibility index (Phi) is 9.93. The Labute approximate surface area is 209 Å². The van der Waals surface area contributed by atoms with E-state index in [1.807, 2.05) is 84.9 Å². The highest BCUT2D eigenvalue weighted by atomic mass is 31.2. The number of hydrogen-bond acceptors (Lipinski definition) is 5. The molecule has 9 nitrogen and oxygen atoms in total. The third-order valence-electron chi connectivity index (χ3n) is 5.37. The van der Waals surface area contributed by atoms with Crippen LogP contribution in [0.4, 0.5) is 0 Å². The van der Waals surface area contributed by atoms with Crippen LogP contribution in [0.3, 0.4) is 0 Å². The van der Waals surface area contributed by atoms with E-state index in [-0.39, 0.29) is 19.6 Å². The SMILES string of the molecule is O=C(O)[C@H](COCc1ccccc1)NC(=O)[C@H](Cc1ccc(-c2ccccc2)cc1)NCP(=O)(O)O. The molecule has 0 aliphatic carbocycles. The predicted octanol–water partition coefficient (Wildman–Crippen LogP) is 2.78. The molecule has 36 heavy (non-hydrogen) atoms. The number of amides is 1. The molecule has 0 aliphatic heterocycles. The fraction of sp³-hybridized carbons (Fsp3) is 0.231. The van der Waals surface area contributed by atoms with E-state index in [1.165, 1.54) is 0 Å². The summed E-state index contributed by atoms with van der Waals surface area (Å²) in [5.74, 6) is -1.98. The minimum absolute atomic E-state index is 0.0954. The first-order valence-electron chi connectivity index (χ1n) is 11.3. The number of nitrogens with one attached hydrogen (secondary N) is 2. The Morgan fingerprint density at radius 3 is 1.97 bits per heavy atom. The zero-order valence-corrected chi connectivity index (χ0v) is 20.4. The van der Waals surface area contributed by atoms with Crippen LogP contribution in [0.1, 0.15) is 11.1 Å². The number of ether oxygens (including phenoxy) is 1. The summed E-state index contributed by atoms with van der Waals surface area (Å²) >= 11 is 0. The van der Waals surface area contributed by atoms with E-state index in [0.717, 1.165) is 22.3 Å². The molecule has 5 N–H and O–H groups in total. The van der Waals surface area contributed by atoms with E-state index >= 15 is 0 Å². The summed E-state index contributed by atoms with van der Waals surface area (Å²) < 4.78 is 16.9. The van der Waals surface area contributed by atoms with E-state index in [4.69, 9.17) is 4.74 Å². The van der Waals surface area contributed by atoms with Crippen molar-refractivity contribution in [1.82, 2.24) is 10.6 Å². The molecule has 2 atom stereocenters. The summed E-state index contributed by atoms with van der Waals surface area (Å²) in [6.45, 7) is -0.0961. The zero-order chi connectivity index (χ0) is 26.0. The van der Waals surface area contributed by atoms with Crippen molar-refractivity contribution in [1.29, 1.82) is 0 Å². The summed E-state index contributed by atoms with van der Waals surface area (Å²) in [6, 6.07) is 23.9. The highest BCUT2D eigenvalue weighted by Crippen LogP contribution is 2.32. The molecule has 190 valence electrons. The fourth-order valence-corrected chi connectivity index (χ4v) is 3.96. The number of aliphatic carboxylic acids is 1. The van der Waals surface area contributed by atoms with Crippen LogP contribution < -0.4 is 10.6 Å². The summed E-state index contributed by atoms with van der Waals surface area (Å²) in [5, 5.41) is 14.5. The van der Waals surface area contributed by atoms with E-state index in [0.29, 0.717) is 0 Å². The van der Waals surface area contributed by atoms with Crippen molar-refractivity contribution >= 4 is 19.5 Å². The number of carbonyl (C=O) groups excluding carboxylic acids is 1. The Hall–Kier alpha value is -3.33. The first-order valence-corrected chi connectivity index (χ1v) is 13.1. The maximum Gasteiger partial charge on any atom is 0.339 e. The average molecular weight is 512 g/mol. The second kappa shape index (κ2) is 13.1. The van der Waals surface area contributed by atoms with Gasteiger partial charge in [0.2, 0.25) is 5.91 Å². The summed E-state index contributed by atoms with van der Waals surface area (Å²) in [6.07, 6.45) is -0.631. The van der Waals surface area contributed by atoms with Gasteiger partial charge in [0.1, 0.15) is 0 Å². The molecule has 0 aromatic heterocycles. The Morgan fingerprint density at radius 1 is 0.806 bits per heavy atom. The maximum atomic E-state index is 13.0. The van der Waals surface area contributed by atoms with Crippen LogP contribution >= 0.6 is 7.60 Å². The molecule has 0 fully saturated rings. The monoisotopic (exact) mass is 512 g/mol. The standard InChI is InChI=1S/C26H29N2O7P/c29-25(28-24(26(30)31)17-35-16-20-7-3-1-4-8-20)23(27-18-36(32,33)34)15-19-11-13-22(14-12-19)21-9-5-2-6-10-21/h1-14,23-24,27H,15-18H2,(H,28,29)(H,30,31)(H2,32,33,34)/t23-,24-/m0/s1. The second-order valence-corrected chi connectivity index (χ2v) is 9.89. The van der Waals surface area contributed by atoms with Gasteiger partial charge >= 0.3 is 13.6 Å². The molecule has 1 amide bonds. The van der Waals surface area contributed by atoms with Crippen LogP contribution in [-0.2, 0) is 31.9 Å². The van der Waals surface area contributed by atoms with Gasteiger partial charge in [-0.05, 0) is 28.7 Å². The maximum absolute atomic E-state index is 13.0. The third-order valence-corrected chi connectivity index (χ3v) is 5.97. The van der Waals surface area contributed by atoms with Gasteiger partial charge in [0, 0.05) is 0 Å². The van der Waals surface area contributed by atoms with Crippen molar-refractivity contribution in [2.75, 3.05) is 12.9 Å². The van der Waals surface area contributed by atoms with E-state index in [9.17, 15) is 29.0 Å². The van der Waals surface area contributed by atoms with Gasteiger partial charge in [0.15, 0.2) is 6.04 Å². The van der Waals surface area contributed by atoms with E-state index < -0.39 is 37.8 Å². The third kappa shape index (κ3) is 9.03. The summed E-state index contributed by atoms with van der Waals surface area (Å²) in [7, 11) is -4.45. The fourth-order valence-electron chi connectivity index (χ4n) is 3.50. The second-order valence-electron chi connectivity index (χ2n) is 8.25. The van der Waals surface area contributed by atoms with Crippen LogP contribution in [0.2, 0.25) is 0 Å². The Balaban J connectivity index is 1.66. The van der Waals surface area contributed by atoms with Crippen molar-refractivity contribution in [3.63, 3.8) is 0 Å². The molecule has 3 aromatic rings. The predicted molar refractivity (Wildman–Crippen MR) is 135 cm³/mol. The van der Waals surface area contributed by atoms with Gasteiger partial charge in [-0.2, -0.15) is 0 Å². The molecule has 0 heterocycles. The smallest absolute Gasteiger partial charge is 0.339 e. The number of carboxylic acid groups (broad SMARTS) is 1. The largest absolute Gasteiger partial charge is 0.480 e. The molecule has 0 saturated heterocycles. The van der Waals surface area contributed by atoms with Crippen LogP contribution in [0.5, 0.6) is 0 Å². The first-order chi connectivity index (χ1) is 17.2. The number of benzene rings is 3. The Morgan fingerprint density at radius 2 is 1.39 bits per heavy atom. The molecule has 3 aromatic carbocycles. The van der Waals surface area contributed by atoms with Crippen LogP contribution in [0.15, 0.2) is 84.9 Å². The first kappa shape index (κ1) is 27.3. The molecule has 0 unspecified atom stereocenters. The van der Waals surface area contributed by atoms with E-state index in [2.05, 4.69) is 10.6 Å². The Bertz CT molecular complexity index is 1170. The van der Waals surface area contributed by atoms with Crippen molar-refractivity contribution in [2.24, 2.45) is 0 Å². The number of hydrogen-bond donors (Lipinski definition) is 5. The van der Waals surface area contributed by atoms with Crippen molar-refractivity contribution in [2.45, 2.75) is 25.1 Å². The lowest BCUT2D eigenvalue weighted by atomic mass is 10.0. The van der Waals surface area contributed by atoms with Gasteiger partial charge in [-0.15, -0.1) is 0 Å². The number of carboxylic acids is 1. The van der Waals surface area contributed by atoms with Crippen molar-refractivity contribution in [3.05, 3.63) is 96.1 Å². The lowest BCUT2D eigenvalue weighted by Crippen LogP contribution is -2.52. The molecule has 0 aliphatic rings.